The van der Waals surface area contributed by atoms with Gasteiger partial charge in [-0.3, -0.25) is 9.78 Å². The molecule has 2 aromatic heterocycles. The fourth-order valence-corrected chi connectivity index (χ4v) is 5.50. The molecule has 1 amide bonds. The van der Waals surface area contributed by atoms with Gasteiger partial charge in [0.25, 0.3) is 0 Å². The largest absolute Gasteiger partial charge is 0.353 e. The number of hydrogen-bond donors (Lipinski definition) is 3. The van der Waals surface area contributed by atoms with Crippen LogP contribution in [0.1, 0.15) is 64.5 Å². The molecule has 0 atom stereocenters. The molecule has 3 heterocycles. The van der Waals surface area contributed by atoms with E-state index in [-0.39, 0.29) is 23.0 Å². The van der Waals surface area contributed by atoms with E-state index in [2.05, 4.69) is 73.4 Å². The van der Waals surface area contributed by atoms with E-state index in [9.17, 15) is 4.79 Å². The summed E-state index contributed by atoms with van der Waals surface area (Å²) in [5.41, 5.74) is 5.67. The summed E-state index contributed by atoms with van der Waals surface area (Å²) in [6, 6.07) is 12.7. The Hall–Kier alpha value is -2.66. The van der Waals surface area contributed by atoms with Gasteiger partial charge in [-0.1, -0.05) is 17.7 Å². The number of rotatable bonds is 6. The average Bonchev–Trinajstić information content (AvgIpc) is 3.04. The molecule has 3 aromatic rings. The lowest BCUT2D eigenvalue weighted by Gasteiger charge is -2.46. The van der Waals surface area contributed by atoms with Crippen LogP contribution in [-0.4, -0.2) is 33.0 Å². The van der Waals surface area contributed by atoms with Crippen LogP contribution in [0.3, 0.4) is 0 Å². The molecule has 0 aliphatic carbocycles. The quantitative estimate of drug-likeness (QED) is 0.496. The molecular formula is C27H36N4O. The number of piperidine rings is 1. The number of benzene rings is 1. The van der Waals surface area contributed by atoms with Crippen LogP contribution in [0.5, 0.6) is 0 Å². The van der Waals surface area contributed by atoms with Crippen LogP contribution >= 0.6 is 0 Å². The average molecular weight is 433 g/mol. The lowest BCUT2D eigenvalue weighted by Crippen LogP contribution is -2.62. The molecule has 0 saturated carbocycles. The van der Waals surface area contributed by atoms with Gasteiger partial charge in [0.2, 0.25) is 5.91 Å². The molecule has 0 spiro atoms. The van der Waals surface area contributed by atoms with Crippen molar-refractivity contribution in [3.63, 3.8) is 0 Å². The minimum absolute atomic E-state index is 0.0270. The first-order valence-electron chi connectivity index (χ1n) is 11.7. The van der Waals surface area contributed by atoms with E-state index in [1.165, 1.54) is 16.5 Å². The molecule has 1 saturated heterocycles. The summed E-state index contributed by atoms with van der Waals surface area (Å²) in [5.74, 6) is 0.152. The second kappa shape index (κ2) is 8.70. The lowest BCUT2D eigenvalue weighted by molar-refractivity contribution is -0.122. The van der Waals surface area contributed by atoms with Crippen molar-refractivity contribution in [2.75, 3.05) is 0 Å². The minimum Gasteiger partial charge on any atom is -0.353 e. The number of nitrogens with one attached hydrogen (secondary N) is 3. The Morgan fingerprint density at radius 1 is 1.12 bits per heavy atom. The number of aryl methyl sites for hydroxylation is 2. The van der Waals surface area contributed by atoms with Crippen LogP contribution in [0.2, 0.25) is 0 Å². The standard InChI is InChI=1S/C27H36N4O/c1-18-12-13-22-21(15-18)20(25(30-22)23-10-6-7-14-28-23)9-8-11-24(32)29-19-16-26(2,3)31-27(4,5)17-19/h6-7,10,12-15,19,30-31H,8-9,11,16-17H2,1-5H3,(H,29,32). The van der Waals surface area contributed by atoms with E-state index in [0.29, 0.717) is 6.42 Å². The zero-order valence-corrected chi connectivity index (χ0v) is 20.0. The van der Waals surface area contributed by atoms with Gasteiger partial charge in [-0.2, -0.15) is 0 Å². The van der Waals surface area contributed by atoms with Crippen LogP contribution in [0.25, 0.3) is 22.3 Å². The Morgan fingerprint density at radius 3 is 2.56 bits per heavy atom. The van der Waals surface area contributed by atoms with Crippen LogP contribution in [0.4, 0.5) is 0 Å². The van der Waals surface area contributed by atoms with Crippen molar-refractivity contribution >= 4 is 16.8 Å². The molecule has 5 heteroatoms. The Bertz CT molecular complexity index is 1080. The van der Waals surface area contributed by atoms with Crippen molar-refractivity contribution in [3.8, 4) is 11.4 Å². The van der Waals surface area contributed by atoms with Crippen molar-refractivity contribution in [2.24, 2.45) is 0 Å². The molecule has 1 fully saturated rings. The number of H-pyrrole nitrogens is 1. The lowest BCUT2D eigenvalue weighted by atomic mass is 9.79. The maximum atomic E-state index is 12.8. The van der Waals surface area contributed by atoms with Crippen molar-refractivity contribution in [1.82, 2.24) is 20.6 Å². The predicted octanol–water partition coefficient (Wildman–Crippen LogP) is 5.29. The monoisotopic (exact) mass is 432 g/mol. The Morgan fingerprint density at radius 2 is 1.88 bits per heavy atom. The number of carbonyl (C=O) groups excluding carboxylic acids is 1. The van der Waals surface area contributed by atoms with Gasteiger partial charge in [-0.15, -0.1) is 0 Å². The van der Waals surface area contributed by atoms with Crippen LogP contribution in [-0.2, 0) is 11.2 Å². The normalized spacial score (nSPS) is 18.0. The van der Waals surface area contributed by atoms with Gasteiger partial charge in [0.05, 0.1) is 11.4 Å². The smallest absolute Gasteiger partial charge is 0.220 e. The van der Waals surface area contributed by atoms with Crippen molar-refractivity contribution in [2.45, 2.75) is 83.8 Å². The molecule has 170 valence electrons. The first-order valence-corrected chi connectivity index (χ1v) is 11.7. The SMILES string of the molecule is Cc1ccc2[nH]c(-c3ccccn3)c(CCCC(=O)NC3CC(C)(C)NC(C)(C)C3)c2c1. The van der Waals surface area contributed by atoms with Crippen molar-refractivity contribution in [3.05, 3.63) is 53.7 Å². The summed E-state index contributed by atoms with van der Waals surface area (Å²) in [5, 5.41) is 8.21. The summed E-state index contributed by atoms with van der Waals surface area (Å²) in [6.45, 7) is 11.0. The Labute approximate surface area is 191 Å². The molecule has 0 bridgehead atoms. The molecule has 5 nitrogen and oxygen atoms in total. The zero-order chi connectivity index (χ0) is 22.9. The highest BCUT2D eigenvalue weighted by Crippen LogP contribution is 2.32. The van der Waals surface area contributed by atoms with Gasteiger partial charge in [0.15, 0.2) is 0 Å². The molecule has 1 aliphatic heterocycles. The molecule has 0 radical (unpaired) electrons. The Balaban J connectivity index is 1.45. The van der Waals surface area contributed by atoms with Crippen molar-refractivity contribution < 1.29 is 4.79 Å². The highest BCUT2D eigenvalue weighted by Gasteiger charge is 2.38. The summed E-state index contributed by atoms with van der Waals surface area (Å²) < 4.78 is 0. The van der Waals surface area contributed by atoms with Crippen LogP contribution in [0.15, 0.2) is 42.6 Å². The number of pyridine rings is 1. The van der Waals surface area contributed by atoms with Gasteiger partial charge in [0.1, 0.15) is 0 Å². The number of nitrogens with zero attached hydrogens (tertiary/aromatic N) is 1. The summed E-state index contributed by atoms with van der Waals surface area (Å²) in [7, 11) is 0. The third-order valence-corrected chi connectivity index (χ3v) is 6.37. The van der Waals surface area contributed by atoms with Gasteiger partial charge in [-0.05, 0) is 90.1 Å². The minimum atomic E-state index is 0.0270. The van der Waals surface area contributed by atoms with E-state index >= 15 is 0 Å². The fraction of sp³-hybridized carbons (Fsp3) is 0.481. The topological polar surface area (TPSA) is 69.8 Å². The van der Waals surface area contributed by atoms with E-state index in [1.807, 2.05) is 24.4 Å². The van der Waals surface area contributed by atoms with Gasteiger partial charge in [-0.25, -0.2) is 0 Å². The van der Waals surface area contributed by atoms with Gasteiger partial charge < -0.3 is 15.6 Å². The molecule has 1 aromatic carbocycles. The first-order chi connectivity index (χ1) is 15.1. The molecule has 4 rings (SSSR count). The highest BCUT2D eigenvalue weighted by molar-refractivity contribution is 5.90. The summed E-state index contributed by atoms with van der Waals surface area (Å²) >= 11 is 0. The molecular weight excluding hydrogens is 396 g/mol. The first kappa shape index (κ1) is 22.5. The maximum Gasteiger partial charge on any atom is 0.220 e. The number of hydrogen-bond acceptors (Lipinski definition) is 3. The molecule has 3 N–H and O–H groups in total. The van der Waals surface area contributed by atoms with Gasteiger partial charge in [0, 0.05) is 40.6 Å². The fourth-order valence-electron chi connectivity index (χ4n) is 5.50. The molecule has 0 unspecified atom stereocenters. The van der Waals surface area contributed by atoms with E-state index in [0.717, 1.165) is 42.6 Å². The number of aromatic nitrogens is 2. The van der Waals surface area contributed by atoms with E-state index in [4.69, 9.17) is 0 Å². The molecule has 1 aliphatic rings. The summed E-state index contributed by atoms with van der Waals surface area (Å²) in [4.78, 5) is 20.9. The second-order valence-electron chi connectivity index (χ2n) is 10.7. The van der Waals surface area contributed by atoms with Crippen LogP contribution < -0.4 is 10.6 Å². The molecule has 32 heavy (non-hydrogen) atoms. The van der Waals surface area contributed by atoms with E-state index in [1.54, 1.807) is 0 Å². The van der Waals surface area contributed by atoms with E-state index < -0.39 is 0 Å². The highest BCUT2D eigenvalue weighted by atomic mass is 16.1. The number of carbonyl (C=O) groups is 1. The Kier molecular flexibility index (Phi) is 6.13. The number of aromatic amines is 1. The van der Waals surface area contributed by atoms with Gasteiger partial charge >= 0.3 is 0 Å². The third-order valence-electron chi connectivity index (χ3n) is 6.37. The maximum absolute atomic E-state index is 12.8. The number of fused-ring (bicyclic) bond motifs is 1. The number of amides is 1. The van der Waals surface area contributed by atoms with Crippen LogP contribution in [0, 0.1) is 6.92 Å². The second-order valence-corrected chi connectivity index (χ2v) is 10.7. The predicted molar refractivity (Wildman–Crippen MR) is 132 cm³/mol. The zero-order valence-electron chi connectivity index (χ0n) is 20.0. The van der Waals surface area contributed by atoms with Crippen molar-refractivity contribution in [1.29, 1.82) is 0 Å². The third kappa shape index (κ3) is 5.21. The summed E-state index contributed by atoms with van der Waals surface area (Å²) in [6.07, 6.45) is 5.91.